The summed E-state index contributed by atoms with van der Waals surface area (Å²) in [5.41, 5.74) is 2.12. The highest BCUT2D eigenvalue weighted by Crippen LogP contribution is 2.39. The van der Waals surface area contributed by atoms with Crippen molar-refractivity contribution in [3.05, 3.63) is 64.4 Å². The van der Waals surface area contributed by atoms with Crippen molar-refractivity contribution in [3.8, 4) is 0 Å². The number of urea groups is 1. The average molecular weight is 351 g/mol. The number of rotatable bonds is 2. The van der Waals surface area contributed by atoms with E-state index < -0.39 is 0 Å². The predicted octanol–water partition coefficient (Wildman–Crippen LogP) is 5.07. The van der Waals surface area contributed by atoms with Crippen molar-refractivity contribution in [1.82, 2.24) is 4.90 Å². The first-order valence-corrected chi connectivity index (χ1v) is 8.69. The zero-order valence-electron chi connectivity index (χ0n) is 12.6. The fourth-order valence-corrected chi connectivity index (χ4v) is 3.93. The molecule has 0 unspecified atom stereocenters. The molecule has 23 heavy (non-hydrogen) atoms. The standard InChI is InChI=1S/C17H16ClFN2OS/c1-11-6-7-12(10-14(11)18)20-17(22)21-8-9-23-16(21)13-4-2-3-5-15(13)19/h2-7,10,16H,8-9H2,1H3,(H,20,22)/t16-/m1/s1. The maximum atomic E-state index is 14.0. The smallest absolute Gasteiger partial charge is 0.308 e. The van der Waals surface area contributed by atoms with Gasteiger partial charge in [-0.05, 0) is 30.7 Å². The number of thioether (sulfide) groups is 1. The van der Waals surface area contributed by atoms with E-state index in [1.807, 2.05) is 13.0 Å². The Bertz CT molecular complexity index is 740. The molecule has 6 heteroatoms. The lowest BCUT2D eigenvalue weighted by molar-refractivity contribution is 0.213. The van der Waals surface area contributed by atoms with Crippen molar-refractivity contribution < 1.29 is 9.18 Å². The van der Waals surface area contributed by atoms with Crippen molar-refractivity contribution in [2.45, 2.75) is 12.3 Å². The number of aryl methyl sites for hydroxylation is 1. The minimum absolute atomic E-state index is 0.247. The number of benzene rings is 2. The van der Waals surface area contributed by atoms with Crippen LogP contribution in [0.5, 0.6) is 0 Å². The van der Waals surface area contributed by atoms with Crippen LogP contribution < -0.4 is 5.32 Å². The molecular weight excluding hydrogens is 335 g/mol. The van der Waals surface area contributed by atoms with Crippen molar-refractivity contribution >= 4 is 35.1 Å². The molecule has 1 fully saturated rings. The Morgan fingerprint density at radius 3 is 2.87 bits per heavy atom. The largest absolute Gasteiger partial charge is 0.323 e. The lowest BCUT2D eigenvalue weighted by Crippen LogP contribution is -2.34. The van der Waals surface area contributed by atoms with Gasteiger partial charge in [0.25, 0.3) is 0 Å². The number of anilines is 1. The maximum absolute atomic E-state index is 14.0. The second kappa shape index (κ2) is 6.81. The first kappa shape index (κ1) is 16.1. The Morgan fingerprint density at radius 1 is 1.35 bits per heavy atom. The van der Waals surface area contributed by atoms with Gasteiger partial charge in [0.2, 0.25) is 0 Å². The van der Waals surface area contributed by atoms with Gasteiger partial charge in [0, 0.05) is 28.6 Å². The van der Waals surface area contributed by atoms with Crippen LogP contribution in [0.2, 0.25) is 5.02 Å². The fourth-order valence-electron chi connectivity index (χ4n) is 2.48. The third kappa shape index (κ3) is 3.46. The molecule has 0 bridgehead atoms. The number of nitrogens with one attached hydrogen (secondary N) is 1. The molecule has 0 saturated carbocycles. The third-order valence-electron chi connectivity index (χ3n) is 3.75. The van der Waals surface area contributed by atoms with Crippen LogP contribution in [0.15, 0.2) is 42.5 Å². The molecule has 120 valence electrons. The zero-order chi connectivity index (χ0) is 16.4. The molecular formula is C17H16ClFN2OS. The van der Waals surface area contributed by atoms with E-state index in [0.717, 1.165) is 11.3 Å². The molecule has 3 nitrogen and oxygen atoms in total. The van der Waals surface area contributed by atoms with E-state index in [0.29, 0.717) is 22.8 Å². The summed E-state index contributed by atoms with van der Waals surface area (Å²) in [4.78, 5) is 14.2. The Balaban J connectivity index is 1.78. The zero-order valence-corrected chi connectivity index (χ0v) is 14.1. The van der Waals surface area contributed by atoms with Crippen molar-refractivity contribution in [3.63, 3.8) is 0 Å². The van der Waals surface area contributed by atoms with Crippen molar-refractivity contribution in [2.75, 3.05) is 17.6 Å². The van der Waals surface area contributed by atoms with Crippen LogP contribution in [-0.2, 0) is 0 Å². The van der Waals surface area contributed by atoms with Crippen LogP contribution in [0.4, 0.5) is 14.9 Å². The molecule has 3 rings (SSSR count). The Morgan fingerprint density at radius 2 is 2.13 bits per heavy atom. The third-order valence-corrected chi connectivity index (χ3v) is 5.40. The van der Waals surface area contributed by atoms with E-state index in [2.05, 4.69) is 5.32 Å². The topological polar surface area (TPSA) is 32.3 Å². The second-order valence-corrected chi connectivity index (χ2v) is 6.93. The van der Waals surface area contributed by atoms with Gasteiger partial charge in [0.1, 0.15) is 11.2 Å². The van der Waals surface area contributed by atoms with Crippen LogP contribution in [0.3, 0.4) is 0 Å². The van der Waals surface area contributed by atoms with Crippen molar-refractivity contribution in [1.29, 1.82) is 0 Å². The molecule has 0 radical (unpaired) electrons. The molecule has 2 amide bonds. The summed E-state index contributed by atoms with van der Waals surface area (Å²) in [6, 6.07) is 11.7. The minimum Gasteiger partial charge on any atom is -0.308 e. The lowest BCUT2D eigenvalue weighted by Gasteiger charge is -2.24. The normalized spacial score (nSPS) is 17.3. The van der Waals surface area contributed by atoms with Crippen LogP contribution >= 0.6 is 23.4 Å². The number of nitrogens with zero attached hydrogens (tertiary/aromatic N) is 1. The highest BCUT2D eigenvalue weighted by Gasteiger charge is 2.32. The molecule has 2 aromatic carbocycles. The van der Waals surface area contributed by atoms with E-state index in [1.54, 1.807) is 47.0 Å². The average Bonchev–Trinajstić information content (AvgIpc) is 3.01. The van der Waals surface area contributed by atoms with E-state index in [9.17, 15) is 9.18 Å². The summed E-state index contributed by atoms with van der Waals surface area (Å²) < 4.78 is 14.0. The predicted molar refractivity (Wildman–Crippen MR) is 93.5 cm³/mol. The van der Waals surface area contributed by atoms with Gasteiger partial charge in [-0.1, -0.05) is 35.9 Å². The minimum atomic E-state index is -0.308. The van der Waals surface area contributed by atoms with Crippen LogP contribution in [-0.4, -0.2) is 23.2 Å². The number of carbonyl (C=O) groups excluding carboxylic acids is 1. The van der Waals surface area contributed by atoms with E-state index in [1.165, 1.54) is 6.07 Å². The number of hydrogen-bond acceptors (Lipinski definition) is 2. The number of hydrogen-bond donors (Lipinski definition) is 1. The molecule has 1 aliphatic heterocycles. The molecule has 1 N–H and O–H groups in total. The van der Waals surface area contributed by atoms with Gasteiger partial charge in [-0.3, -0.25) is 0 Å². The van der Waals surface area contributed by atoms with Gasteiger partial charge in [-0.15, -0.1) is 11.8 Å². The van der Waals surface area contributed by atoms with Gasteiger partial charge in [0.05, 0.1) is 0 Å². The quantitative estimate of drug-likeness (QED) is 0.820. The molecule has 1 heterocycles. The first-order valence-electron chi connectivity index (χ1n) is 7.26. The van der Waals surface area contributed by atoms with Gasteiger partial charge < -0.3 is 10.2 Å². The number of halogens is 2. The molecule has 1 aliphatic rings. The highest BCUT2D eigenvalue weighted by atomic mass is 35.5. The molecule has 0 spiro atoms. The number of carbonyl (C=O) groups is 1. The summed E-state index contributed by atoms with van der Waals surface area (Å²) >= 11 is 7.64. The Hall–Kier alpha value is -1.72. The summed E-state index contributed by atoms with van der Waals surface area (Å²) in [7, 11) is 0. The molecule has 1 atom stereocenters. The fraction of sp³-hybridized carbons (Fsp3) is 0.235. The summed E-state index contributed by atoms with van der Waals surface area (Å²) in [5.74, 6) is 0.490. The second-order valence-electron chi connectivity index (χ2n) is 5.33. The SMILES string of the molecule is Cc1ccc(NC(=O)N2CCS[C@@H]2c2ccccc2F)cc1Cl. The van der Waals surface area contributed by atoms with Crippen LogP contribution in [0.25, 0.3) is 0 Å². The number of amides is 2. The summed E-state index contributed by atoms with van der Waals surface area (Å²) in [6.07, 6.45) is 0. The van der Waals surface area contributed by atoms with Gasteiger partial charge in [-0.2, -0.15) is 0 Å². The van der Waals surface area contributed by atoms with Gasteiger partial charge >= 0.3 is 6.03 Å². The first-order chi connectivity index (χ1) is 11.1. The Labute approximate surface area is 143 Å². The molecule has 2 aromatic rings. The van der Waals surface area contributed by atoms with E-state index >= 15 is 0 Å². The summed E-state index contributed by atoms with van der Waals surface area (Å²) in [6.45, 7) is 2.48. The molecule has 0 aromatic heterocycles. The van der Waals surface area contributed by atoms with Gasteiger partial charge in [-0.25, -0.2) is 9.18 Å². The maximum Gasteiger partial charge on any atom is 0.323 e. The Kier molecular flexibility index (Phi) is 4.78. The lowest BCUT2D eigenvalue weighted by atomic mass is 10.2. The van der Waals surface area contributed by atoms with Gasteiger partial charge in [0.15, 0.2) is 0 Å². The molecule has 1 saturated heterocycles. The van der Waals surface area contributed by atoms with E-state index in [4.69, 9.17) is 11.6 Å². The van der Waals surface area contributed by atoms with Crippen LogP contribution in [0.1, 0.15) is 16.5 Å². The monoisotopic (exact) mass is 350 g/mol. The molecule has 0 aliphatic carbocycles. The van der Waals surface area contributed by atoms with E-state index in [-0.39, 0.29) is 17.2 Å². The van der Waals surface area contributed by atoms with Crippen LogP contribution in [0, 0.1) is 12.7 Å². The van der Waals surface area contributed by atoms with Crippen molar-refractivity contribution in [2.24, 2.45) is 0 Å². The summed E-state index contributed by atoms with van der Waals surface area (Å²) in [5, 5.41) is 3.13. The highest BCUT2D eigenvalue weighted by molar-refractivity contribution is 7.99.